The fourth-order valence-electron chi connectivity index (χ4n) is 1.76. The number of hydrogen-bond acceptors (Lipinski definition) is 2. The predicted octanol–water partition coefficient (Wildman–Crippen LogP) is 1.90. The Morgan fingerprint density at radius 2 is 1.92 bits per heavy atom. The first-order valence-electron chi connectivity index (χ1n) is 4.70. The Hall–Kier alpha value is -0.760. The van der Waals surface area contributed by atoms with Gasteiger partial charge in [0.15, 0.2) is 6.23 Å². The van der Waals surface area contributed by atoms with Crippen molar-refractivity contribution in [3.63, 3.8) is 0 Å². The van der Waals surface area contributed by atoms with Crippen LogP contribution in [0.4, 0.5) is 0 Å². The zero-order chi connectivity index (χ0) is 8.23. The fourth-order valence-corrected chi connectivity index (χ4v) is 1.76. The van der Waals surface area contributed by atoms with Crippen LogP contribution >= 0.6 is 0 Å². The number of rotatable bonds is 1. The molecule has 1 unspecified atom stereocenters. The summed E-state index contributed by atoms with van der Waals surface area (Å²) in [5, 5.41) is 0. The Bertz CT molecular complexity index is 192. The smallest absolute Gasteiger partial charge is 0.171 e. The van der Waals surface area contributed by atoms with Gasteiger partial charge < -0.3 is 4.74 Å². The van der Waals surface area contributed by atoms with Gasteiger partial charge in [0, 0.05) is 13.1 Å². The van der Waals surface area contributed by atoms with Gasteiger partial charge in [-0.2, -0.15) is 0 Å². The molecule has 0 radical (unpaired) electrons. The average Bonchev–Trinajstić information content (AvgIpc) is 2.21. The van der Waals surface area contributed by atoms with Gasteiger partial charge >= 0.3 is 0 Å². The molecule has 0 spiro atoms. The molecule has 1 saturated heterocycles. The lowest BCUT2D eigenvalue weighted by atomic mass is 10.1. The maximum Gasteiger partial charge on any atom is 0.171 e. The Balaban J connectivity index is 1.90. The van der Waals surface area contributed by atoms with E-state index in [1.807, 2.05) is 6.08 Å². The van der Waals surface area contributed by atoms with Crippen LogP contribution < -0.4 is 0 Å². The summed E-state index contributed by atoms with van der Waals surface area (Å²) in [5.41, 5.74) is 0. The van der Waals surface area contributed by atoms with E-state index in [1.54, 1.807) is 6.26 Å². The van der Waals surface area contributed by atoms with E-state index >= 15 is 0 Å². The van der Waals surface area contributed by atoms with E-state index in [4.69, 9.17) is 4.74 Å². The van der Waals surface area contributed by atoms with Crippen molar-refractivity contribution < 1.29 is 4.74 Å². The monoisotopic (exact) mass is 165 g/mol. The van der Waals surface area contributed by atoms with Crippen molar-refractivity contribution in [1.29, 1.82) is 0 Å². The molecule has 12 heavy (non-hydrogen) atoms. The number of likely N-dealkylation sites (tertiary alicyclic amines) is 1. The van der Waals surface area contributed by atoms with Gasteiger partial charge in [-0.25, -0.2) is 0 Å². The molecule has 0 aliphatic carbocycles. The lowest BCUT2D eigenvalue weighted by molar-refractivity contribution is 0.0135. The quantitative estimate of drug-likeness (QED) is 0.588. The largest absolute Gasteiger partial charge is 0.479 e. The average molecular weight is 165 g/mol. The van der Waals surface area contributed by atoms with E-state index in [0.29, 0.717) is 0 Å². The molecule has 0 aromatic heterocycles. The van der Waals surface area contributed by atoms with Gasteiger partial charge in [-0.1, -0.05) is 12.5 Å². The maximum atomic E-state index is 5.48. The molecular weight excluding hydrogens is 150 g/mol. The van der Waals surface area contributed by atoms with Crippen molar-refractivity contribution in [2.24, 2.45) is 0 Å². The minimum absolute atomic E-state index is 0.204. The summed E-state index contributed by atoms with van der Waals surface area (Å²) in [6.45, 7) is 2.37. The fraction of sp³-hybridized carbons (Fsp3) is 0.600. The van der Waals surface area contributed by atoms with E-state index in [-0.39, 0.29) is 6.23 Å². The molecule has 66 valence electrons. The van der Waals surface area contributed by atoms with Crippen LogP contribution in [0, 0.1) is 0 Å². The van der Waals surface area contributed by atoms with Gasteiger partial charge in [-0.3, -0.25) is 4.90 Å². The summed E-state index contributed by atoms with van der Waals surface area (Å²) in [5.74, 6) is 0. The zero-order valence-corrected chi connectivity index (χ0v) is 7.28. The van der Waals surface area contributed by atoms with Gasteiger partial charge in [-0.15, -0.1) is 0 Å². The molecule has 0 amide bonds. The van der Waals surface area contributed by atoms with E-state index in [2.05, 4.69) is 17.1 Å². The second-order valence-electron chi connectivity index (χ2n) is 3.34. The number of nitrogens with zero attached hydrogens (tertiary/aromatic N) is 1. The predicted molar refractivity (Wildman–Crippen MR) is 48.6 cm³/mol. The van der Waals surface area contributed by atoms with Gasteiger partial charge in [0.05, 0.1) is 6.26 Å². The first-order valence-corrected chi connectivity index (χ1v) is 4.70. The molecule has 2 nitrogen and oxygen atoms in total. The van der Waals surface area contributed by atoms with Crippen LogP contribution in [-0.2, 0) is 4.74 Å². The molecule has 0 bridgehead atoms. The van der Waals surface area contributed by atoms with Gasteiger partial charge in [0.2, 0.25) is 0 Å². The highest BCUT2D eigenvalue weighted by Gasteiger charge is 2.18. The molecule has 2 aliphatic rings. The minimum Gasteiger partial charge on any atom is -0.479 e. The Morgan fingerprint density at radius 1 is 1.08 bits per heavy atom. The third-order valence-electron chi connectivity index (χ3n) is 2.43. The number of piperidine rings is 1. The molecular formula is C10H15NO. The first-order chi connectivity index (χ1) is 5.97. The zero-order valence-electron chi connectivity index (χ0n) is 7.28. The minimum atomic E-state index is 0.204. The van der Waals surface area contributed by atoms with E-state index in [9.17, 15) is 0 Å². The van der Waals surface area contributed by atoms with Crippen LogP contribution in [0.25, 0.3) is 0 Å². The summed E-state index contributed by atoms with van der Waals surface area (Å²) < 4.78 is 5.48. The third-order valence-corrected chi connectivity index (χ3v) is 2.43. The highest BCUT2D eigenvalue weighted by Crippen LogP contribution is 2.15. The number of hydrogen-bond donors (Lipinski definition) is 0. The van der Waals surface area contributed by atoms with E-state index < -0.39 is 0 Å². The highest BCUT2D eigenvalue weighted by molar-refractivity contribution is 5.07. The molecule has 2 heterocycles. The molecule has 0 aromatic rings. The molecule has 1 atom stereocenters. The van der Waals surface area contributed by atoms with Crippen LogP contribution in [0.5, 0.6) is 0 Å². The van der Waals surface area contributed by atoms with Crippen molar-refractivity contribution in [3.8, 4) is 0 Å². The molecule has 0 aromatic carbocycles. The van der Waals surface area contributed by atoms with Crippen LogP contribution in [0.15, 0.2) is 24.5 Å². The normalized spacial score (nSPS) is 30.2. The Kier molecular flexibility index (Phi) is 2.47. The molecule has 2 aliphatic heterocycles. The lowest BCUT2D eigenvalue weighted by Crippen LogP contribution is -2.39. The van der Waals surface area contributed by atoms with Gasteiger partial charge in [-0.05, 0) is 25.0 Å². The molecule has 1 fully saturated rings. The first kappa shape index (κ1) is 7.87. The van der Waals surface area contributed by atoms with Crippen molar-refractivity contribution in [3.05, 3.63) is 24.5 Å². The maximum absolute atomic E-state index is 5.48. The number of ether oxygens (including phenoxy) is 1. The van der Waals surface area contributed by atoms with Crippen LogP contribution in [-0.4, -0.2) is 24.2 Å². The topological polar surface area (TPSA) is 12.5 Å². The Morgan fingerprint density at radius 3 is 2.58 bits per heavy atom. The standard InChI is InChI=1S/C10H15NO/c1-3-7-11(8-4-1)10-6-2-5-9-12-10/h2,5-6,9-10H,1,3-4,7-8H2. The number of allylic oxidation sites excluding steroid dienone is 2. The summed E-state index contributed by atoms with van der Waals surface area (Å²) >= 11 is 0. The summed E-state index contributed by atoms with van der Waals surface area (Å²) in [6, 6.07) is 0. The third kappa shape index (κ3) is 1.69. The van der Waals surface area contributed by atoms with Crippen molar-refractivity contribution >= 4 is 0 Å². The van der Waals surface area contributed by atoms with Crippen LogP contribution in [0.1, 0.15) is 19.3 Å². The lowest BCUT2D eigenvalue weighted by Gasteiger charge is -2.32. The van der Waals surface area contributed by atoms with Crippen LogP contribution in [0.2, 0.25) is 0 Å². The van der Waals surface area contributed by atoms with E-state index in [1.165, 1.54) is 32.4 Å². The summed E-state index contributed by atoms with van der Waals surface area (Å²) in [4.78, 5) is 2.39. The Labute approximate surface area is 73.5 Å². The molecule has 2 heteroatoms. The summed E-state index contributed by atoms with van der Waals surface area (Å²) in [7, 11) is 0. The second kappa shape index (κ2) is 3.76. The highest BCUT2D eigenvalue weighted by atomic mass is 16.5. The van der Waals surface area contributed by atoms with Gasteiger partial charge in [0.1, 0.15) is 0 Å². The molecule has 0 N–H and O–H groups in total. The van der Waals surface area contributed by atoms with Crippen molar-refractivity contribution in [1.82, 2.24) is 4.90 Å². The van der Waals surface area contributed by atoms with Gasteiger partial charge in [0.25, 0.3) is 0 Å². The molecule has 2 rings (SSSR count). The van der Waals surface area contributed by atoms with Crippen molar-refractivity contribution in [2.45, 2.75) is 25.5 Å². The molecule has 0 saturated carbocycles. The summed E-state index contributed by atoms with van der Waals surface area (Å²) in [6.07, 6.45) is 12.1. The second-order valence-corrected chi connectivity index (χ2v) is 3.34. The van der Waals surface area contributed by atoms with Crippen LogP contribution in [0.3, 0.4) is 0 Å². The SMILES string of the molecule is C1=COC(N2CCCCC2)C=C1. The van der Waals surface area contributed by atoms with E-state index in [0.717, 1.165) is 0 Å². The van der Waals surface area contributed by atoms with Crippen molar-refractivity contribution in [2.75, 3.05) is 13.1 Å².